The van der Waals surface area contributed by atoms with E-state index < -0.39 is 0 Å². The van der Waals surface area contributed by atoms with Crippen molar-refractivity contribution >= 4 is 0 Å². The maximum atomic E-state index is 6.06. The van der Waals surface area contributed by atoms with E-state index in [1.807, 2.05) is 25.0 Å². The molecule has 0 amide bonds. The van der Waals surface area contributed by atoms with Crippen molar-refractivity contribution in [3.8, 4) is 0 Å². The van der Waals surface area contributed by atoms with E-state index in [0.29, 0.717) is 6.04 Å². The molecule has 4 nitrogen and oxygen atoms in total. The van der Waals surface area contributed by atoms with E-state index in [9.17, 15) is 0 Å². The van der Waals surface area contributed by atoms with E-state index in [1.165, 1.54) is 31.4 Å². The summed E-state index contributed by atoms with van der Waals surface area (Å²) < 4.78 is 8.03. The Morgan fingerprint density at radius 1 is 1.48 bits per heavy atom. The van der Waals surface area contributed by atoms with Crippen LogP contribution in [0.5, 0.6) is 0 Å². The molecule has 1 saturated carbocycles. The third-order valence-electron chi connectivity index (χ3n) is 5.22. The standard InChI is InChI=1S/C17H31N3O/c1-5-18-16(7-6-15-10-13-19-20(15)3)17(21-4)11-8-14(2)9-12-17/h10,13-14,16,18H,5-9,11-12H2,1-4H3. The molecule has 1 unspecified atom stereocenters. The highest BCUT2D eigenvalue weighted by Gasteiger charge is 2.40. The first kappa shape index (κ1) is 16.5. The Morgan fingerprint density at radius 2 is 2.19 bits per heavy atom. The maximum Gasteiger partial charge on any atom is 0.0831 e. The largest absolute Gasteiger partial charge is 0.377 e. The van der Waals surface area contributed by atoms with Crippen LogP contribution in [0.2, 0.25) is 0 Å². The second kappa shape index (κ2) is 7.41. The van der Waals surface area contributed by atoms with E-state index in [2.05, 4.69) is 30.3 Å². The number of hydrogen-bond acceptors (Lipinski definition) is 3. The fourth-order valence-electron chi connectivity index (χ4n) is 3.68. The molecule has 1 fully saturated rings. The highest BCUT2D eigenvalue weighted by atomic mass is 16.5. The van der Waals surface area contributed by atoms with Gasteiger partial charge in [0.05, 0.1) is 5.60 Å². The highest BCUT2D eigenvalue weighted by Crippen LogP contribution is 2.38. The first-order valence-electron chi connectivity index (χ1n) is 8.36. The number of likely N-dealkylation sites (N-methyl/N-ethyl adjacent to an activating group) is 1. The molecule has 0 aromatic carbocycles. The van der Waals surface area contributed by atoms with E-state index >= 15 is 0 Å². The van der Waals surface area contributed by atoms with Gasteiger partial charge in [0, 0.05) is 32.1 Å². The van der Waals surface area contributed by atoms with Crippen LogP contribution in [0.4, 0.5) is 0 Å². The summed E-state index contributed by atoms with van der Waals surface area (Å²) in [6.45, 7) is 5.54. The van der Waals surface area contributed by atoms with Crippen molar-refractivity contribution < 1.29 is 4.74 Å². The summed E-state index contributed by atoms with van der Waals surface area (Å²) in [6, 6.07) is 2.54. The van der Waals surface area contributed by atoms with Crippen LogP contribution < -0.4 is 5.32 Å². The van der Waals surface area contributed by atoms with Gasteiger partial charge in [-0.25, -0.2) is 0 Å². The Labute approximate surface area is 129 Å². The molecule has 1 aromatic rings. The molecule has 21 heavy (non-hydrogen) atoms. The number of hydrogen-bond donors (Lipinski definition) is 1. The Hall–Kier alpha value is -0.870. The molecule has 0 aliphatic heterocycles. The van der Waals surface area contributed by atoms with E-state index in [0.717, 1.165) is 25.3 Å². The van der Waals surface area contributed by atoms with Gasteiger partial charge < -0.3 is 10.1 Å². The van der Waals surface area contributed by atoms with E-state index in [1.54, 1.807) is 0 Å². The first-order chi connectivity index (χ1) is 10.1. The maximum absolute atomic E-state index is 6.06. The third kappa shape index (κ3) is 3.86. The Balaban J connectivity index is 2.04. The molecule has 1 aliphatic rings. The molecule has 120 valence electrons. The predicted octanol–water partition coefficient (Wildman–Crippen LogP) is 2.93. The number of aromatic nitrogens is 2. The van der Waals surface area contributed by atoms with Crippen LogP contribution in [0.3, 0.4) is 0 Å². The summed E-state index contributed by atoms with van der Waals surface area (Å²) in [5.74, 6) is 0.840. The van der Waals surface area contributed by atoms with E-state index in [4.69, 9.17) is 4.74 Å². The lowest BCUT2D eigenvalue weighted by molar-refractivity contribution is -0.0761. The van der Waals surface area contributed by atoms with E-state index in [-0.39, 0.29) is 5.60 Å². The van der Waals surface area contributed by atoms with Crippen molar-refractivity contribution in [2.24, 2.45) is 13.0 Å². The Bertz CT molecular complexity index is 421. The molecule has 1 atom stereocenters. The van der Waals surface area contributed by atoms with Crippen LogP contribution in [-0.4, -0.2) is 35.1 Å². The Morgan fingerprint density at radius 3 is 2.71 bits per heavy atom. The minimum absolute atomic E-state index is 0.0150. The lowest BCUT2D eigenvalue weighted by Crippen LogP contribution is -2.54. The van der Waals surface area contributed by atoms with Gasteiger partial charge in [-0.1, -0.05) is 13.8 Å². The molecule has 1 aromatic heterocycles. The first-order valence-corrected chi connectivity index (χ1v) is 8.36. The zero-order valence-corrected chi connectivity index (χ0v) is 14.1. The van der Waals surface area contributed by atoms with Crippen LogP contribution in [0.1, 0.15) is 51.6 Å². The molecule has 1 N–H and O–H groups in total. The number of nitrogens with zero attached hydrogens (tertiary/aromatic N) is 2. The summed E-state index contributed by atoms with van der Waals surface area (Å²) in [5, 5.41) is 7.95. The van der Waals surface area contributed by atoms with Crippen LogP contribution in [0.15, 0.2) is 12.3 Å². The van der Waals surface area contributed by atoms with Crippen molar-refractivity contribution in [1.29, 1.82) is 0 Å². The number of aryl methyl sites for hydroxylation is 2. The molecule has 2 rings (SSSR count). The van der Waals surface area contributed by atoms with Gasteiger partial charge in [-0.15, -0.1) is 0 Å². The second-order valence-electron chi connectivity index (χ2n) is 6.55. The fraction of sp³-hybridized carbons (Fsp3) is 0.824. The minimum atomic E-state index is 0.0150. The second-order valence-corrected chi connectivity index (χ2v) is 6.55. The third-order valence-corrected chi connectivity index (χ3v) is 5.22. The fourth-order valence-corrected chi connectivity index (χ4v) is 3.68. The van der Waals surface area contributed by atoms with Crippen LogP contribution in [0, 0.1) is 5.92 Å². The topological polar surface area (TPSA) is 39.1 Å². The molecule has 1 aliphatic carbocycles. The quantitative estimate of drug-likeness (QED) is 0.840. The molecule has 0 saturated heterocycles. The van der Waals surface area contributed by atoms with Crippen molar-refractivity contribution in [2.75, 3.05) is 13.7 Å². The molecule has 0 radical (unpaired) electrons. The van der Waals surface area contributed by atoms with Gasteiger partial charge >= 0.3 is 0 Å². The van der Waals surface area contributed by atoms with Gasteiger partial charge in [-0.3, -0.25) is 4.68 Å². The SMILES string of the molecule is CCNC(CCc1ccnn1C)C1(OC)CCC(C)CC1. The summed E-state index contributed by atoms with van der Waals surface area (Å²) in [6.07, 6.45) is 8.95. The number of rotatable bonds is 7. The van der Waals surface area contributed by atoms with Crippen molar-refractivity contribution in [3.63, 3.8) is 0 Å². The summed E-state index contributed by atoms with van der Waals surface area (Å²) in [4.78, 5) is 0. The number of ether oxygens (including phenoxy) is 1. The van der Waals surface area contributed by atoms with Gasteiger partial charge in [-0.2, -0.15) is 5.10 Å². The highest BCUT2D eigenvalue weighted by molar-refractivity contribution is 5.03. The van der Waals surface area contributed by atoms with Gasteiger partial charge in [0.1, 0.15) is 0 Å². The molecular weight excluding hydrogens is 262 g/mol. The molecule has 1 heterocycles. The van der Waals surface area contributed by atoms with Crippen LogP contribution >= 0.6 is 0 Å². The van der Waals surface area contributed by atoms with Gasteiger partial charge in [0.2, 0.25) is 0 Å². The summed E-state index contributed by atoms with van der Waals surface area (Å²) >= 11 is 0. The molecular formula is C17H31N3O. The lowest BCUT2D eigenvalue weighted by atomic mass is 9.74. The van der Waals surface area contributed by atoms with Crippen molar-refractivity contribution in [3.05, 3.63) is 18.0 Å². The number of methoxy groups -OCH3 is 1. The van der Waals surface area contributed by atoms with Gasteiger partial charge in [0.15, 0.2) is 0 Å². The van der Waals surface area contributed by atoms with Crippen LogP contribution in [0.25, 0.3) is 0 Å². The average Bonchev–Trinajstić information content (AvgIpc) is 2.90. The molecule has 0 spiro atoms. The van der Waals surface area contributed by atoms with Crippen molar-refractivity contribution in [2.45, 2.75) is 64.0 Å². The summed E-state index contributed by atoms with van der Waals surface area (Å²) in [5.41, 5.74) is 1.31. The average molecular weight is 293 g/mol. The molecule has 0 bridgehead atoms. The lowest BCUT2D eigenvalue weighted by Gasteiger charge is -2.44. The predicted molar refractivity (Wildman–Crippen MR) is 86.4 cm³/mol. The van der Waals surface area contributed by atoms with Gasteiger partial charge in [-0.05, 0) is 57.1 Å². The van der Waals surface area contributed by atoms with Crippen LogP contribution in [-0.2, 0) is 18.2 Å². The normalized spacial score (nSPS) is 27.7. The number of nitrogens with one attached hydrogen (secondary N) is 1. The smallest absolute Gasteiger partial charge is 0.0831 e. The Kier molecular flexibility index (Phi) is 5.82. The van der Waals surface area contributed by atoms with Gasteiger partial charge in [0.25, 0.3) is 0 Å². The zero-order valence-electron chi connectivity index (χ0n) is 14.1. The summed E-state index contributed by atoms with van der Waals surface area (Å²) in [7, 11) is 3.91. The minimum Gasteiger partial charge on any atom is -0.377 e. The monoisotopic (exact) mass is 293 g/mol. The zero-order chi connectivity index (χ0) is 15.3. The van der Waals surface area contributed by atoms with Crippen molar-refractivity contribution in [1.82, 2.24) is 15.1 Å². The molecule has 4 heteroatoms.